The Hall–Kier alpha value is -0.140. The van der Waals surface area contributed by atoms with E-state index in [0.29, 0.717) is 6.42 Å². The summed E-state index contributed by atoms with van der Waals surface area (Å²) >= 11 is 0. The highest BCUT2D eigenvalue weighted by atomic mass is 19.3. The van der Waals surface area contributed by atoms with Crippen molar-refractivity contribution >= 4 is 0 Å². The van der Waals surface area contributed by atoms with E-state index in [1.54, 1.807) is 0 Å². The number of hydrogen-bond donors (Lipinski definition) is 0. The van der Waals surface area contributed by atoms with E-state index in [-0.39, 0.29) is 11.8 Å². The summed E-state index contributed by atoms with van der Waals surface area (Å²) in [6, 6.07) is 0. The van der Waals surface area contributed by atoms with Crippen LogP contribution in [0.15, 0.2) is 0 Å². The predicted molar refractivity (Wildman–Crippen MR) is 50.7 cm³/mol. The van der Waals surface area contributed by atoms with E-state index in [4.69, 9.17) is 0 Å². The van der Waals surface area contributed by atoms with Gasteiger partial charge in [0.2, 0.25) is 5.92 Å². The van der Waals surface area contributed by atoms with E-state index < -0.39 is 5.92 Å². The van der Waals surface area contributed by atoms with E-state index in [2.05, 4.69) is 0 Å². The highest BCUT2D eigenvalue weighted by Gasteiger charge is 2.23. The molecule has 0 nitrogen and oxygen atoms in total. The molecule has 0 aliphatic carbocycles. The standard InChI is InChI=1S/C8H16F2.C2H6/c1-7(2,3)5-6-8(4,9)10;1-2/h5-6H2,1-4H3;1-2H3. The molecule has 0 spiro atoms. The van der Waals surface area contributed by atoms with Gasteiger partial charge in [-0.2, -0.15) is 0 Å². The maximum absolute atomic E-state index is 12.3. The first-order valence-corrected chi connectivity index (χ1v) is 4.59. The minimum absolute atomic E-state index is 0.00347. The molecule has 0 rings (SSSR count). The summed E-state index contributed by atoms with van der Waals surface area (Å²) in [6.07, 6.45) is 0.576. The van der Waals surface area contributed by atoms with Crippen molar-refractivity contribution in [3.8, 4) is 0 Å². The minimum Gasteiger partial charge on any atom is -0.207 e. The van der Waals surface area contributed by atoms with E-state index >= 15 is 0 Å². The van der Waals surface area contributed by atoms with Gasteiger partial charge in [-0.05, 0) is 18.8 Å². The van der Waals surface area contributed by atoms with Crippen LogP contribution in [0.25, 0.3) is 0 Å². The second kappa shape index (κ2) is 5.50. The van der Waals surface area contributed by atoms with E-state index in [1.807, 2.05) is 34.6 Å². The Labute approximate surface area is 75.4 Å². The molecule has 0 unspecified atom stereocenters. The highest BCUT2D eigenvalue weighted by molar-refractivity contribution is 4.66. The van der Waals surface area contributed by atoms with E-state index in [9.17, 15) is 8.78 Å². The van der Waals surface area contributed by atoms with Crippen molar-refractivity contribution < 1.29 is 8.78 Å². The van der Waals surface area contributed by atoms with Gasteiger partial charge in [-0.25, -0.2) is 8.78 Å². The molecular formula is C10H22F2. The van der Waals surface area contributed by atoms with Crippen LogP contribution in [-0.2, 0) is 0 Å². The topological polar surface area (TPSA) is 0 Å². The van der Waals surface area contributed by atoms with Crippen molar-refractivity contribution in [1.29, 1.82) is 0 Å². The van der Waals surface area contributed by atoms with Crippen LogP contribution in [0.3, 0.4) is 0 Å². The third-order valence-electron chi connectivity index (χ3n) is 1.31. The molecule has 0 aromatic rings. The van der Waals surface area contributed by atoms with Gasteiger partial charge in [-0.3, -0.25) is 0 Å². The molecule has 0 atom stereocenters. The van der Waals surface area contributed by atoms with Gasteiger partial charge in [0.25, 0.3) is 0 Å². The van der Waals surface area contributed by atoms with Crippen molar-refractivity contribution in [2.75, 3.05) is 0 Å². The molecule has 12 heavy (non-hydrogen) atoms. The summed E-state index contributed by atoms with van der Waals surface area (Å²) in [7, 11) is 0. The lowest BCUT2D eigenvalue weighted by molar-refractivity contribution is 0.00252. The summed E-state index contributed by atoms with van der Waals surface area (Å²) in [5.74, 6) is -2.49. The molecule has 76 valence electrons. The molecule has 2 heteroatoms. The molecule has 0 saturated carbocycles. The van der Waals surface area contributed by atoms with Gasteiger partial charge in [0, 0.05) is 6.42 Å². The van der Waals surface area contributed by atoms with Crippen molar-refractivity contribution in [2.45, 2.75) is 60.3 Å². The first kappa shape index (κ1) is 14.4. The Morgan fingerprint density at radius 3 is 1.25 bits per heavy atom. The normalized spacial score (nSPS) is 12.0. The Kier molecular flexibility index (Phi) is 6.59. The number of halogens is 2. The van der Waals surface area contributed by atoms with Crippen LogP contribution in [-0.4, -0.2) is 5.92 Å². The van der Waals surface area contributed by atoms with E-state index in [0.717, 1.165) is 6.92 Å². The molecular weight excluding hydrogens is 158 g/mol. The van der Waals surface area contributed by atoms with Gasteiger partial charge in [0.1, 0.15) is 0 Å². The SMILES string of the molecule is CC.CC(C)(C)CCC(C)(F)F. The lowest BCUT2D eigenvalue weighted by atomic mass is 9.89. The molecule has 0 amide bonds. The molecule has 0 heterocycles. The van der Waals surface area contributed by atoms with Crippen LogP contribution in [0.4, 0.5) is 8.78 Å². The third kappa shape index (κ3) is 16.4. The molecule has 0 aromatic heterocycles. The monoisotopic (exact) mass is 180 g/mol. The molecule has 0 radical (unpaired) electrons. The summed E-state index contributed by atoms with van der Waals surface area (Å²) in [5, 5.41) is 0. The number of hydrogen-bond acceptors (Lipinski definition) is 0. The molecule has 0 bridgehead atoms. The van der Waals surface area contributed by atoms with Crippen molar-refractivity contribution in [1.82, 2.24) is 0 Å². The smallest absolute Gasteiger partial charge is 0.207 e. The maximum atomic E-state index is 12.3. The van der Waals surface area contributed by atoms with Gasteiger partial charge in [-0.15, -0.1) is 0 Å². The zero-order valence-electron chi connectivity index (χ0n) is 9.17. The van der Waals surface area contributed by atoms with Crippen LogP contribution < -0.4 is 0 Å². The summed E-state index contributed by atoms with van der Waals surface area (Å²) < 4.78 is 24.5. The zero-order chi connectivity index (χ0) is 10.4. The lowest BCUT2D eigenvalue weighted by Gasteiger charge is -2.20. The molecule has 0 fully saturated rings. The Morgan fingerprint density at radius 2 is 1.17 bits per heavy atom. The second-order valence-electron chi connectivity index (χ2n) is 4.13. The summed E-state index contributed by atoms with van der Waals surface area (Å²) in [5.41, 5.74) is 0.0272. The van der Waals surface area contributed by atoms with Crippen molar-refractivity contribution in [3.63, 3.8) is 0 Å². The Bertz CT molecular complexity index is 81.4. The van der Waals surface area contributed by atoms with Crippen molar-refractivity contribution in [2.24, 2.45) is 5.41 Å². The maximum Gasteiger partial charge on any atom is 0.245 e. The zero-order valence-corrected chi connectivity index (χ0v) is 9.17. The van der Waals surface area contributed by atoms with Gasteiger partial charge in [-0.1, -0.05) is 34.6 Å². The lowest BCUT2D eigenvalue weighted by Crippen LogP contribution is -2.15. The fourth-order valence-corrected chi connectivity index (χ4v) is 0.594. The molecule has 0 aliphatic rings. The quantitative estimate of drug-likeness (QED) is 0.587. The number of rotatable bonds is 2. The molecule has 0 saturated heterocycles. The average Bonchev–Trinajstić information content (AvgIpc) is 1.86. The Balaban J connectivity index is 0. The van der Waals surface area contributed by atoms with Crippen LogP contribution in [0.2, 0.25) is 0 Å². The average molecular weight is 180 g/mol. The van der Waals surface area contributed by atoms with Gasteiger partial charge >= 0.3 is 0 Å². The largest absolute Gasteiger partial charge is 0.245 e. The predicted octanol–water partition coefficient (Wildman–Crippen LogP) is 4.49. The first-order chi connectivity index (χ1) is 5.21. The Morgan fingerprint density at radius 1 is 0.833 bits per heavy atom. The fraction of sp³-hybridized carbons (Fsp3) is 1.00. The first-order valence-electron chi connectivity index (χ1n) is 4.59. The van der Waals surface area contributed by atoms with Crippen LogP contribution in [0, 0.1) is 5.41 Å². The number of alkyl halides is 2. The molecule has 0 aromatic carbocycles. The van der Waals surface area contributed by atoms with Gasteiger partial charge < -0.3 is 0 Å². The second-order valence-corrected chi connectivity index (χ2v) is 4.13. The highest BCUT2D eigenvalue weighted by Crippen LogP contribution is 2.28. The summed E-state index contributed by atoms with van der Waals surface area (Å²) in [6.45, 7) is 10.9. The van der Waals surface area contributed by atoms with Crippen LogP contribution in [0.5, 0.6) is 0 Å². The van der Waals surface area contributed by atoms with Crippen LogP contribution in [0.1, 0.15) is 54.4 Å². The van der Waals surface area contributed by atoms with E-state index in [1.165, 1.54) is 0 Å². The van der Waals surface area contributed by atoms with Crippen molar-refractivity contribution in [3.05, 3.63) is 0 Å². The van der Waals surface area contributed by atoms with Gasteiger partial charge in [0.05, 0.1) is 0 Å². The van der Waals surface area contributed by atoms with Crippen LogP contribution >= 0.6 is 0 Å². The van der Waals surface area contributed by atoms with Gasteiger partial charge in [0.15, 0.2) is 0 Å². The minimum atomic E-state index is -2.49. The molecule has 0 N–H and O–H groups in total. The fourth-order valence-electron chi connectivity index (χ4n) is 0.594. The molecule has 0 aliphatic heterocycles. The summed E-state index contributed by atoms with van der Waals surface area (Å²) in [4.78, 5) is 0. The third-order valence-corrected chi connectivity index (χ3v) is 1.31.